The van der Waals surface area contributed by atoms with Crippen molar-refractivity contribution in [2.75, 3.05) is 0 Å². The molecule has 1 heterocycles. The van der Waals surface area contributed by atoms with E-state index in [4.69, 9.17) is 0 Å². The van der Waals surface area contributed by atoms with Gasteiger partial charge >= 0.3 is 0 Å². The lowest BCUT2D eigenvalue weighted by molar-refractivity contribution is 0.566. The van der Waals surface area contributed by atoms with Gasteiger partial charge in [-0.25, -0.2) is 17.2 Å². The van der Waals surface area contributed by atoms with Crippen molar-refractivity contribution in [1.82, 2.24) is 4.98 Å². The number of aromatic nitrogens is 1. The second-order valence-electron chi connectivity index (χ2n) is 3.70. The number of hydrogen-bond donors (Lipinski definition) is 0. The molecule has 0 atom stereocenters. The van der Waals surface area contributed by atoms with Gasteiger partial charge < -0.3 is 0 Å². The van der Waals surface area contributed by atoms with Gasteiger partial charge in [0.25, 0.3) is 0 Å². The molecule has 0 saturated carbocycles. The van der Waals surface area contributed by atoms with E-state index >= 15 is 0 Å². The molecule has 0 spiro atoms. The topological polar surface area (TPSA) is 47.0 Å². The maximum Gasteiger partial charge on any atom is 0.185 e. The van der Waals surface area contributed by atoms with Crippen LogP contribution in [0, 0.1) is 11.6 Å². The highest BCUT2D eigenvalue weighted by Crippen LogP contribution is 2.19. The summed E-state index contributed by atoms with van der Waals surface area (Å²) in [7, 11) is -3.84. The second-order valence-corrected chi connectivity index (χ2v) is 5.66. The summed E-state index contributed by atoms with van der Waals surface area (Å²) >= 11 is 0. The molecule has 1 aromatic heterocycles. The molecule has 0 saturated heterocycles. The Bertz CT molecular complexity index is 671. The summed E-state index contributed by atoms with van der Waals surface area (Å²) in [5.74, 6) is -1.93. The van der Waals surface area contributed by atoms with Crippen LogP contribution >= 0.6 is 0 Å². The van der Waals surface area contributed by atoms with E-state index in [-0.39, 0.29) is 5.56 Å². The normalized spacial score (nSPS) is 11.4. The summed E-state index contributed by atoms with van der Waals surface area (Å²) in [6.07, 6.45) is 2.21. The molecule has 0 aliphatic rings. The third-order valence-corrected chi connectivity index (χ3v) is 4.00. The van der Waals surface area contributed by atoms with Gasteiger partial charge in [-0.3, -0.25) is 4.98 Å². The minimum absolute atomic E-state index is 0.179. The van der Waals surface area contributed by atoms with Crippen molar-refractivity contribution in [3.8, 4) is 0 Å². The van der Waals surface area contributed by atoms with Crippen molar-refractivity contribution in [3.63, 3.8) is 0 Å². The summed E-state index contributed by atoms with van der Waals surface area (Å²) in [6.45, 7) is 0. The van der Waals surface area contributed by atoms with Crippen molar-refractivity contribution in [3.05, 3.63) is 59.9 Å². The van der Waals surface area contributed by atoms with Crippen LogP contribution in [0.1, 0.15) is 5.56 Å². The van der Waals surface area contributed by atoms with Crippen molar-refractivity contribution in [1.29, 1.82) is 0 Å². The quantitative estimate of drug-likeness (QED) is 0.859. The smallest absolute Gasteiger partial charge is 0.185 e. The summed E-state index contributed by atoms with van der Waals surface area (Å²) in [5.41, 5.74) is 0.179. The minimum Gasteiger partial charge on any atom is -0.261 e. The fraction of sp³-hybridized carbons (Fsp3) is 0.0833. The molecular formula is C12H9F2NO2S. The molecule has 3 nitrogen and oxygen atoms in total. The highest BCUT2D eigenvalue weighted by Gasteiger charge is 2.19. The van der Waals surface area contributed by atoms with Crippen LogP contribution in [-0.4, -0.2) is 13.4 Å². The maximum atomic E-state index is 13.4. The maximum absolute atomic E-state index is 13.4. The number of pyridine rings is 1. The van der Waals surface area contributed by atoms with Crippen LogP contribution in [0.5, 0.6) is 0 Å². The van der Waals surface area contributed by atoms with Gasteiger partial charge in [0.2, 0.25) is 0 Å². The lowest BCUT2D eigenvalue weighted by Crippen LogP contribution is -2.07. The average Bonchev–Trinajstić information content (AvgIpc) is 2.28. The van der Waals surface area contributed by atoms with Crippen molar-refractivity contribution < 1.29 is 17.2 Å². The minimum atomic E-state index is -3.84. The van der Waals surface area contributed by atoms with E-state index in [0.29, 0.717) is 0 Å². The van der Waals surface area contributed by atoms with Gasteiger partial charge in [-0.05, 0) is 23.8 Å². The van der Waals surface area contributed by atoms with E-state index in [1.165, 1.54) is 24.4 Å². The molecule has 6 heteroatoms. The third-order valence-electron chi connectivity index (χ3n) is 2.29. The van der Waals surface area contributed by atoms with E-state index in [2.05, 4.69) is 4.98 Å². The van der Waals surface area contributed by atoms with Crippen LogP contribution in [0.4, 0.5) is 8.78 Å². The number of rotatable bonds is 3. The van der Waals surface area contributed by atoms with E-state index in [0.717, 1.165) is 18.3 Å². The SMILES string of the molecule is O=S(=O)(Cc1cncc(F)c1)c1ccccc1F. The molecule has 94 valence electrons. The second kappa shape index (κ2) is 4.81. The Morgan fingerprint density at radius 3 is 2.50 bits per heavy atom. The molecule has 0 bridgehead atoms. The monoisotopic (exact) mass is 269 g/mol. The Balaban J connectivity index is 2.37. The van der Waals surface area contributed by atoms with E-state index in [1.54, 1.807) is 0 Å². The molecule has 0 radical (unpaired) electrons. The van der Waals surface area contributed by atoms with Gasteiger partial charge in [0.1, 0.15) is 16.5 Å². The Morgan fingerprint density at radius 1 is 1.11 bits per heavy atom. The lowest BCUT2D eigenvalue weighted by atomic mass is 10.3. The van der Waals surface area contributed by atoms with Crippen LogP contribution in [0.2, 0.25) is 0 Å². The zero-order valence-electron chi connectivity index (χ0n) is 9.18. The van der Waals surface area contributed by atoms with Crippen molar-refractivity contribution in [2.45, 2.75) is 10.6 Å². The Labute approximate surface area is 103 Å². The van der Waals surface area contributed by atoms with Gasteiger partial charge in [-0.2, -0.15) is 0 Å². The first-order valence-electron chi connectivity index (χ1n) is 5.06. The van der Waals surface area contributed by atoms with E-state index in [9.17, 15) is 17.2 Å². The standard InChI is InChI=1S/C12H9F2NO2S/c13-10-5-9(6-15-7-10)8-18(16,17)12-4-2-1-3-11(12)14/h1-7H,8H2. The number of nitrogens with zero attached hydrogens (tertiary/aromatic N) is 1. The number of hydrogen-bond acceptors (Lipinski definition) is 3. The van der Waals surface area contributed by atoms with Crippen LogP contribution < -0.4 is 0 Å². The number of sulfone groups is 1. The van der Waals surface area contributed by atoms with Gasteiger partial charge in [-0.1, -0.05) is 12.1 Å². The molecule has 0 N–H and O–H groups in total. The van der Waals surface area contributed by atoms with Gasteiger partial charge in [0, 0.05) is 6.20 Å². The zero-order valence-corrected chi connectivity index (χ0v) is 9.99. The molecule has 2 rings (SSSR count). The third kappa shape index (κ3) is 2.70. The van der Waals surface area contributed by atoms with Crippen LogP contribution in [0.15, 0.2) is 47.6 Å². The first kappa shape index (κ1) is 12.6. The molecule has 0 fully saturated rings. The van der Waals surface area contributed by atoms with Crippen LogP contribution in [0.3, 0.4) is 0 Å². The van der Waals surface area contributed by atoms with Gasteiger partial charge in [0.15, 0.2) is 9.84 Å². The average molecular weight is 269 g/mol. The van der Waals surface area contributed by atoms with Crippen LogP contribution in [-0.2, 0) is 15.6 Å². The Kier molecular flexibility index (Phi) is 3.38. The molecule has 18 heavy (non-hydrogen) atoms. The molecule has 0 aliphatic carbocycles. The summed E-state index contributed by atoms with van der Waals surface area (Å²) in [6, 6.07) is 6.14. The van der Waals surface area contributed by atoms with Gasteiger partial charge in [-0.15, -0.1) is 0 Å². The highest BCUT2D eigenvalue weighted by atomic mass is 32.2. The molecular weight excluding hydrogens is 260 g/mol. The Hall–Kier alpha value is -1.82. The summed E-state index contributed by atoms with van der Waals surface area (Å²) in [5, 5.41) is 0. The predicted molar refractivity (Wildman–Crippen MR) is 61.5 cm³/mol. The first-order chi connectivity index (χ1) is 8.49. The molecule has 1 aromatic carbocycles. The van der Waals surface area contributed by atoms with Crippen molar-refractivity contribution >= 4 is 9.84 Å². The number of halogens is 2. The molecule has 0 aliphatic heterocycles. The van der Waals surface area contributed by atoms with Gasteiger partial charge in [0.05, 0.1) is 11.9 Å². The fourth-order valence-electron chi connectivity index (χ4n) is 1.53. The predicted octanol–water partition coefficient (Wildman–Crippen LogP) is 2.33. The van der Waals surface area contributed by atoms with Crippen LogP contribution in [0.25, 0.3) is 0 Å². The summed E-state index contributed by atoms with van der Waals surface area (Å²) < 4.78 is 50.2. The highest BCUT2D eigenvalue weighted by molar-refractivity contribution is 7.90. The summed E-state index contributed by atoms with van der Waals surface area (Å²) in [4.78, 5) is 3.16. The lowest BCUT2D eigenvalue weighted by Gasteiger charge is -2.05. The van der Waals surface area contributed by atoms with E-state index < -0.39 is 32.1 Å². The Morgan fingerprint density at radius 2 is 1.83 bits per heavy atom. The zero-order chi connectivity index (χ0) is 13.2. The molecule has 0 unspecified atom stereocenters. The number of benzene rings is 1. The molecule has 2 aromatic rings. The largest absolute Gasteiger partial charge is 0.261 e. The van der Waals surface area contributed by atoms with E-state index in [1.807, 2.05) is 0 Å². The first-order valence-corrected chi connectivity index (χ1v) is 6.71. The fourth-order valence-corrected chi connectivity index (χ4v) is 2.93. The van der Waals surface area contributed by atoms with Crippen molar-refractivity contribution in [2.24, 2.45) is 0 Å². The molecule has 0 amide bonds.